The Morgan fingerprint density at radius 3 is 0.955 bits per heavy atom. The molecule has 31 heteroatoms. The van der Waals surface area contributed by atoms with E-state index in [0.29, 0.717) is 12.1 Å². The van der Waals surface area contributed by atoms with E-state index in [1.54, 1.807) is 10.6 Å². The van der Waals surface area contributed by atoms with Gasteiger partial charge in [0.2, 0.25) is 0 Å². The standard InChI is InChI=1S/C35H26N4O21S6/c40-33(17-1-7-27(31(13-17)65(55,56)57)36-25-9-11-29(63(49,50)51)21-5-3-19(15-23(21)25)61(43,44)45)38-35(42)39-34(41)18-2-8-28(32(14-18)66(58,59)60)37-26-10-12-30(64(52,53)54)22-6-4-20(16-24(22)26)62(46,47)48/h1-16,36-37H,(H,43,44,45)(H,46,47,48)(H,49,50,51)(H,52,53,54)(H,55,56,57)(H,58,59,60)(H2,38,39,40,41,42). The second kappa shape index (κ2) is 17.1. The van der Waals surface area contributed by atoms with Gasteiger partial charge in [-0.2, -0.15) is 50.5 Å². The average Bonchev–Trinajstić information content (AvgIpc) is 3.18. The van der Waals surface area contributed by atoms with Gasteiger partial charge in [-0.05, 0) is 84.9 Å². The number of carbonyl (C=O) groups is 3. The van der Waals surface area contributed by atoms with Crippen LogP contribution in [0.15, 0.2) is 126 Å². The number of urea groups is 1. The van der Waals surface area contributed by atoms with Crippen molar-refractivity contribution in [2.24, 2.45) is 0 Å². The van der Waals surface area contributed by atoms with Crippen molar-refractivity contribution in [2.75, 3.05) is 10.6 Å². The van der Waals surface area contributed by atoms with Crippen LogP contribution in [-0.2, 0) is 60.7 Å². The second-order valence-corrected chi connectivity index (χ2v) is 21.8. The van der Waals surface area contributed by atoms with Crippen molar-refractivity contribution < 1.29 is 92.2 Å². The molecule has 6 aromatic rings. The average molecular weight is 1030 g/mol. The van der Waals surface area contributed by atoms with E-state index in [2.05, 4.69) is 10.6 Å². The summed E-state index contributed by atoms with van der Waals surface area (Å²) in [6.45, 7) is 0. The van der Waals surface area contributed by atoms with Gasteiger partial charge in [0.1, 0.15) is 19.6 Å². The van der Waals surface area contributed by atoms with Crippen molar-refractivity contribution in [2.45, 2.75) is 29.4 Å². The Bertz CT molecular complexity index is 3580. The molecule has 0 aromatic heterocycles. The summed E-state index contributed by atoms with van der Waals surface area (Å²) in [6, 6.07) is 11.6. The Morgan fingerprint density at radius 1 is 0.333 bits per heavy atom. The van der Waals surface area contributed by atoms with Gasteiger partial charge in [0, 0.05) is 44.0 Å². The van der Waals surface area contributed by atoms with Crippen LogP contribution in [0.5, 0.6) is 0 Å². The van der Waals surface area contributed by atoms with Crippen molar-refractivity contribution in [3.8, 4) is 0 Å². The molecule has 66 heavy (non-hydrogen) atoms. The van der Waals surface area contributed by atoms with Crippen molar-refractivity contribution in [3.63, 3.8) is 0 Å². The molecule has 6 rings (SSSR count). The molecular weight excluding hydrogens is 1000 g/mol. The van der Waals surface area contributed by atoms with Gasteiger partial charge < -0.3 is 10.6 Å². The van der Waals surface area contributed by atoms with Crippen molar-refractivity contribution in [3.05, 3.63) is 108 Å². The Morgan fingerprint density at radius 2 is 0.652 bits per heavy atom. The molecule has 0 aliphatic rings. The van der Waals surface area contributed by atoms with Crippen molar-refractivity contribution in [1.82, 2.24) is 10.6 Å². The summed E-state index contributed by atoms with van der Waals surface area (Å²) in [6.07, 6.45) is 0. The maximum Gasteiger partial charge on any atom is 0.328 e. The van der Waals surface area contributed by atoms with Crippen LogP contribution in [0.2, 0.25) is 0 Å². The summed E-state index contributed by atoms with van der Waals surface area (Å²) in [5.41, 5.74) is -2.93. The molecule has 0 radical (unpaired) electrons. The molecule has 0 unspecified atom stereocenters. The highest BCUT2D eigenvalue weighted by molar-refractivity contribution is 7.87. The Labute approximate surface area is 372 Å². The lowest BCUT2D eigenvalue weighted by molar-refractivity contribution is 0.0944. The maximum atomic E-state index is 13.1. The highest BCUT2D eigenvalue weighted by Gasteiger charge is 2.26. The summed E-state index contributed by atoms with van der Waals surface area (Å²) in [5, 5.41) is 7.10. The second-order valence-electron chi connectivity index (χ2n) is 13.4. The Hall–Kier alpha value is -6.49. The molecule has 0 saturated carbocycles. The van der Waals surface area contributed by atoms with Crippen LogP contribution in [0.25, 0.3) is 21.5 Å². The predicted molar refractivity (Wildman–Crippen MR) is 227 cm³/mol. The number of hydrogen-bond donors (Lipinski definition) is 10. The molecule has 10 N–H and O–H groups in total. The van der Waals surface area contributed by atoms with Gasteiger partial charge in [0.25, 0.3) is 72.5 Å². The zero-order valence-electron chi connectivity index (χ0n) is 32.0. The van der Waals surface area contributed by atoms with Crippen LogP contribution < -0.4 is 21.3 Å². The molecule has 0 spiro atoms. The van der Waals surface area contributed by atoms with E-state index in [1.165, 1.54) is 0 Å². The van der Waals surface area contributed by atoms with Gasteiger partial charge in [0.05, 0.1) is 21.2 Å². The lowest BCUT2D eigenvalue weighted by atomic mass is 10.1. The van der Waals surface area contributed by atoms with Gasteiger partial charge in [-0.15, -0.1) is 0 Å². The number of hydrogen-bond acceptors (Lipinski definition) is 17. The molecular formula is C35H26N4O21S6. The summed E-state index contributed by atoms with van der Waals surface area (Å²) < 4.78 is 204. The Balaban J connectivity index is 1.26. The number of fused-ring (bicyclic) bond motifs is 2. The largest absolute Gasteiger partial charge is 0.354 e. The van der Waals surface area contributed by atoms with E-state index in [0.717, 1.165) is 84.9 Å². The predicted octanol–water partition coefficient (Wildman–Crippen LogP) is 3.24. The normalized spacial score (nSPS) is 12.7. The first-order valence-electron chi connectivity index (χ1n) is 17.2. The molecule has 0 aliphatic heterocycles. The smallest absolute Gasteiger partial charge is 0.328 e. The number of rotatable bonds is 12. The SMILES string of the molecule is O=C(NC(=O)c1ccc(Nc2ccc(S(=O)(=O)O)c3ccc(S(=O)(=O)O)cc23)c(S(=O)(=O)O)c1)NC(=O)c1ccc(Nc2ccc(S(=O)(=O)O)c3ccc(S(=O)(=O)O)cc23)c(S(=O)(=O)O)c1. The molecule has 0 fully saturated rings. The van der Waals surface area contributed by atoms with Gasteiger partial charge >= 0.3 is 6.03 Å². The van der Waals surface area contributed by atoms with E-state index in [9.17, 15) is 92.2 Å². The first kappa shape index (κ1) is 49.0. The van der Waals surface area contributed by atoms with Crippen LogP contribution in [0.1, 0.15) is 20.7 Å². The highest BCUT2D eigenvalue weighted by Crippen LogP contribution is 2.37. The minimum Gasteiger partial charge on any atom is -0.354 e. The topological polar surface area (TPSA) is 426 Å². The lowest BCUT2D eigenvalue weighted by Crippen LogP contribution is -2.42. The van der Waals surface area contributed by atoms with E-state index in [4.69, 9.17) is 0 Å². The summed E-state index contributed by atoms with van der Waals surface area (Å²) in [4.78, 5) is 33.8. The minimum absolute atomic E-state index is 0.263. The molecule has 0 atom stereocenters. The fraction of sp³-hybridized carbons (Fsp3) is 0. The summed E-state index contributed by atoms with van der Waals surface area (Å²) >= 11 is 0. The van der Waals surface area contributed by atoms with Gasteiger partial charge in [0.15, 0.2) is 0 Å². The van der Waals surface area contributed by atoms with Crippen molar-refractivity contribution in [1.29, 1.82) is 0 Å². The number of carbonyl (C=O) groups excluding carboxylic acids is 3. The summed E-state index contributed by atoms with van der Waals surface area (Å²) in [5.74, 6) is -2.83. The third kappa shape index (κ3) is 10.6. The first-order chi connectivity index (χ1) is 30.2. The molecule has 0 saturated heterocycles. The third-order valence-corrected chi connectivity index (χ3v) is 14.4. The van der Waals surface area contributed by atoms with E-state index < -0.39 is 130 Å². The molecule has 0 bridgehead atoms. The highest BCUT2D eigenvalue weighted by atomic mass is 32.2. The van der Waals surface area contributed by atoms with Crippen LogP contribution in [0.3, 0.4) is 0 Å². The number of imide groups is 2. The molecule has 0 aliphatic carbocycles. The van der Waals surface area contributed by atoms with Gasteiger partial charge in [-0.25, -0.2) is 4.79 Å². The van der Waals surface area contributed by atoms with Gasteiger partial charge in [-0.3, -0.25) is 47.5 Å². The molecule has 25 nitrogen and oxygen atoms in total. The lowest BCUT2D eigenvalue weighted by Gasteiger charge is -2.16. The van der Waals surface area contributed by atoms with Crippen LogP contribution in [0, 0.1) is 0 Å². The van der Waals surface area contributed by atoms with Crippen molar-refractivity contribution >= 4 is 123 Å². The minimum atomic E-state index is -5.29. The third-order valence-electron chi connectivity index (χ3n) is 9.08. The zero-order valence-corrected chi connectivity index (χ0v) is 36.9. The monoisotopic (exact) mass is 1030 g/mol. The molecule has 4 amide bonds. The number of nitrogens with one attached hydrogen (secondary N) is 4. The fourth-order valence-corrected chi connectivity index (χ4v) is 9.97. The van der Waals surface area contributed by atoms with Gasteiger partial charge in [-0.1, -0.05) is 12.1 Å². The van der Waals surface area contributed by atoms with E-state index in [1.807, 2.05) is 0 Å². The number of anilines is 4. The molecule has 348 valence electrons. The van der Waals surface area contributed by atoms with Crippen LogP contribution in [-0.4, -0.2) is 95.7 Å². The quantitative estimate of drug-likeness (QED) is 0.0786. The van der Waals surface area contributed by atoms with E-state index >= 15 is 0 Å². The van der Waals surface area contributed by atoms with Crippen LogP contribution >= 0.6 is 0 Å². The Kier molecular flexibility index (Phi) is 12.7. The summed E-state index contributed by atoms with van der Waals surface area (Å²) in [7, 11) is -30.2. The number of benzene rings is 6. The van der Waals surface area contributed by atoms with E-state index in [-0.39, 0.29) is 32.9 Å². The molecule has 0 heterocycles. The fourth-order valence-electron chi connectivity index (χ4n) is 6.22. The zero-order chi connectivity index (χ0) is 49.1. The molecule has 6 aromatic carbocycles. The number of amides is 4. The van der Waals surface area contributed by atoms with Crippen LogP contribution in [0.4, 0.5) is 27.5 Å². The maximum absolute atomic E-state index is 13.1. The first-order valence-corrected chi connectivity index (χ1v) is 25.8.